The van der Waals surface area contributed by atoms with Gasteiger partial charge in [0.25, 0.3) is 5.91 Å². The van der Waals surface area contributed by atoms with Gasteiger partial charge in [-0.1, -0.05) is 64.1 Å². The van der Waals surface area contributed by atoms with Crippen LogP contribution in [0.15, 0.2) is 73.1 Å². The predicted octanol–water partition coefficient (Wildman–Crippen LogP) is 5.87. The first-order chi connectivity index (χ1) is 28.7. The topological polar surface area (TPSA) is 171 Å². The Bertz CT molecular complexity index is 2220. The SMILES string of the molecule is COC(=O)NC(C(=O)N1CC2(CC1c1ncc(-c3ccc(-c4ccc(C(=O)Nc5ccc(N6CCN(C(=O)C7CC7(C)C)CC6C)nc5)cc4)cc3)[nH]1)OCCO2)C(C)C. The minimum absolute atomic E-state index is 0.119. The highest BCUT2D eigenvalue weighted by molar-refractivity contribution is 6.04. The quantitative estimate of drug-likeness (QED) is 0.176. The zero-order valence-electron chi connectivity index (χ0n) is 35.1. The van der Waals surface area contributed by atoms with Crippen molar-refractivity contribution in [2.45, 2.75) is 71.4 Å². The number of likely N-dealkylation sites (tertiary alicyclic amines) is 1. The van der Waals surface area contributed by atoms with Crippen molar-refractivity contribution in [1.82, 2.24) is 30.1 Å². The number of aromatic nitrogens is 3. The molecular formula is C45H54N8O7. The summed E-state index contributed by atoms with van der Waals surface area (Å²) < 4.78 is 16.8. The Morgan fingerprint density at radius 3 is 2.15 bits per heavy atom. The van der Waals surface area contributed by atoms with Crippen LogP contribution in [-0.2, 0) is 23.8 Å². The summed E-state index contributed by atoms with van der Waals surface area (Å²) in [5, 5.41) is 5.65. The highest BCUT2D eigenvalue weighted by Crippen LogP contribution is 2.52. The minimum Gasteiger partial charge on any atom is -0.453 e. The van der Waals surface area contributed by atoms with Crippen molar-refractivity contribution in [3.05, 3.63) is 84.4 Å². The predicted molar refractivity (Wildman–Crippen MR) is 225 cm³/mol. The Kier molecular flexibility index (Phi) is 11.2. The molecule has 60 heavy (non-hydrogen) atoms. The van der Waals surface area contributed by atoms with Gasteiger partial charge in [-0.05, 0) is 65.6 Å². The average molecular weight is 819 g/mol. The maximum Gasteiger partial charge on any atom is 0.407 e. The average Bonchev–Trinajstić information content (AvgIpc) is 3.71. The van der Waals surface area contributed by atoms with Gasteiger partial charge in [-0.25, -0.2) is 14.8 Å². The number of benzene rings is 2. The first kappa shape index (κ1) is 41.0. The van der Waals surface area contributed by atoms with Gasteiger partial charge in [-0.3, -0.25) is 14.4 Å². The molecule has 0 bridgehead atoms. The number of nitrogens with one attached hydrogen (secondary N) is 3. The van der Waals surface area contributed by atoms with E-state index in [9.17, 15) is 19.2 Å². The lowest BCUT2D eigenvalue weighted by molar-refractivity contribution is -0.153. The van der Waals surface area contributed by atoms with Crippen molar-refractivity contribution in [3.8, 4) is 22.4 Å². The number of carbonyl (C=O) groups is 4. The molecule has 0 radical (unpaired) electrons. The molecule has 316 valence electrons. The molecule has 2 aromatic carbocycles. The number of pyridine rings is 1. The number of imidazole rings is 1. The Morgan fingerprint density at radius 2 is 1.55 bits per heavy atom. The molecule has 4 aromatic rings. The molecule has 4 aliphatic rings. The van der Waals surface area contributed by atoms with Crippen LogP contribution in [0.4, 0.5) is 16.3 Å². The molecule has 15 nitrogen and oxygen atoms in total. The standard InChI is InChI=1S/C45H54N8O7/c1-27(2)38(50-43(57)58-6)42(56)53-26-45(59-19-20-60-45)22-36(53)39-47-24-35(49-39)31-11-7-29(8-12-31)30-9-13-32(14-10-30)40(54)48-33-15-16-37(46-23-33)52-18-17-51(25-28(52)3)41(55)34-21-44(34,4)5/h7-16,23-24,27-28,34,36,38H,17-22,25-26H2,1-6H3,(H,47,49)(H,48,54)(H,50,57). The number of hydrogen-bond donors (Lipinski definition) is 3. The molecule has 8 rings (SSSR count). The van der Waals surface area contributed by atoms with Crippen molar-refractivity contribution in [2.24, 2.45) is 17.3 Å². The second-order valence-corrected chi connectivity index (χ2v) is 17.4. The Morgan fingerprint density at radius 1 is 0.883 bits per heavy atom. The molecule has 4 fully saturated rings. The highest BCUT2D eigenvalue weighted by atomic mass is 16.7. The minimum atomic E-state index is -0.937. The zero-order valence-corrected chi connectivity index (χ0v) is 35.1. The largest absolute Gasteiger partial charge is 0.453 e. The monoisotopic (exact) mass is 818 g/mol. The summed E-state index contributed by atoms with van der Waals surface area (Å²) in [4.78, 5) is 70.9. The molecule has 3 N–H and O–H groups in total. The maximum absolute atomic E-state index is 13.9. The molecule has 4 unspecified atom stereocenters. The van der Waals surface area contributed by atoms with Gasteiger partial charge in [0.1, 0.15) is 17.7 Å². The molecule has 4 atom stereocenters. The van der Waals surface area contributed by atoms with Crippen LogP contribution in [0, 0.1) is 17.3 Å². The van der Waals surface area contributed by atoms with Gasteiger partial charge in [0, 0.05) is 43.6 Å². The van der Waals surface area contributed by atoms with Gasteiger partial charge in [0.15, 0.2) is 5.79 Å². The molecule has 5 heterocycles. The summed E-state index contributed by atoms with van der Waals surface area (Å²) in [6.45, 7) is 13.3. The van der Waals surface area contributed by atoms with E-state index in [1.807, 2.05) is 67.3 Å². The molecular weight excluding hydrogens is 765 g/mol. The van der Waals surface area contributed by atoms with Crippen molar-refractivity contribution in [1.29, 1.82) is 0 Å². The number of piperazine rings is 1. The van der Waals surface area contributed by atoms with E-state index in [-0.39, 0.29) is 47.6 Å². The highest BCUT2D eigenvalue weighted by Gasteiger charge is 2.53. The van der Waals surface area contributed by atoms with Gasteiger partial charge in [-0.15, -0.1) is 0 Å². The van der Waals surface area contributed by atoms with Crippen LogP contribution < -0.4 is 15.5 Å². The second kappa shape index (κ2) is 16.3. The number of H-pyrrole nitrogens is 1. The van der Waals surface area contributed by atoms with Crippen molar-refractivity contribution < 1.29 is 33.4 Å². The Hall–Kier alpha value is -5.80. The van der Waals surface area contributed by atoms with E-state index < -0.39 is 24.0 Å². The number of anilines is 2. The third-order valence-corrected chi connectivity index (χ3v) is 12.4. The van der Waals surface area contributed by atoms with Crippen LogP contribution in [-0.4, -0.2) is 113 Å². The number of carbonyl (C=O) groups excluding carboxylic acids is 4. The lowest BCUT2D eigenvalue weighted by atomic mass is 10.0. The summed E-state index contributed by atoms with van der Waals surface area (Å²) in [5.74, 6) is 0.197. The Balaban J connectivity index is 0.881. The van der Waals surface area contributed by atoms with Gasteiger partial charge in [-0.2, -0.15) is 0 Å². The third-order valence-electron chi connectivity index (χ3n) is 12.4. The summed E-state index contributed by atoms with van der Waals surface area (Å²) in [6.07, 6.45) is 4.11. The van der Waals surface area contributed by atoms with Crippen LogP contribution in [0.1, 0.15) is 69.7 Å². The van der Waals surface area contributed by atoms with Gasteiger partial charge in [0.2, 0.25) is 11.8 Å². The fourth-order valence-corrected chi connectivity index (χ4v) is 8.65. The second-order valence-electron chi connectivity index (χ2n) is 17.4. The summed E-state index contributed by atoms with van der Waals surface area (Å²) in [5.41, 5.74) is 4.86. The molecule has 2 aromatic heterocycles. The molecule has 15 heteroatoms. The fraction of sp³-hybridized carbons (Fsp3) is 0.467. The molecule has 4 amide bonds. The summed E-state index contributed by atoms with van der Waals surface area (Å²) >= 11 is 0. The first-order valence-corrected chi connectivity index (χ1v) is 20.8. The third kappa shape index (κ3) is 8.33. The number of hydrogen-bond acceptors (Lipinski definition) is 10. The van der Waals surface area contributed by atoms with Crippen LogP contribution in [0.5, 0.6) is 0 Å². The van der Waals surface area contributed by atoms with Crippen molar-refractivity contribution in [2.75, 3.05) is 56.7 Å². The fourth-order valence-electron chi connectivity index (χ4n) is 8.65. The zero-order chi connectivity index (χ0) is 42.3. The number of alkyl carbamates (subject to hydrolysis) is 1. The number of rotatable bonds is 10. The molecule has 3 aliphatic heterocycles. The van der Waals surface area contributed by atoms with E-state index in [1.54, 1.807) is 29.4 Å². The maximum atomic E-state index is 13.9. The van der Waals surface area contributed by atoms with Crippen LogP contribution in [0.25, 0.3) is 22.4 Å². The van der Waals surface area contributed by atoms with Gasteiger partial charge < -0.3 is 44.5 Å². The van der Waals surface area contributed by atoms with Crippen LogP contribution >= 0.6 is 0 Å². The molecule has 1 spiro atoms. The number of methoxy groups -OCH3 is 1. The van der Waals surface area contributed by atoms with E-state index in [2.05, 4.69) is 46.3 Å². The van der Waals surface area contributed by atoms with Gasteiger partial charge >= 0.3 is 6.09 Å². The van der Waals surface area contributed by atoms with Crippen molar-refractivity contribution in [3.63, 3.8) is 0 Å². The van der Waals surface area contributed by atoms with E-state index in [4.69, 9.17) is 19.2 Å². The van der Waals surface area contributed by atoms with Crippen LogP contribution in [0.2, 0.25) is 0 Å². The number of nitrogens with zero attached hydrogens (tertiary/aromatic N) is 5. The molecule has 3 saturated heterocycles. The first-order valence-electron chi connectivity index (χ1n) is 20.8. The van der Waals surface area contributed by atoms with E-state index in [1.165, 1.54) is 7.11 Å². The molecule has 1 saturated carbocycles. The normalized spacial score (nSPS) is 22.2. The summed E-state index contributed by atoms with van der Waals surface area (Å²) in [6, 6.07) is 18.1. The van der Waals surface area contributed by atoms with Gasteiger partial charge in [0.05, 0.1) is 56.7 Å². The number of aromatic amines is 1. The number of ether oxygens (including phenoxy) is 3. The van der Waals surface area contributed by atoms with Crippen molar-refractivity contribution >= 4 is 35.3 Å². The summed E-state index contributed by atoms with van der Waals surface area (Å²) in [7, 11) is 1.27. The smallest absolute Gasteiger partial charge is 0.407 e. The lowest BCUT2D eigenvalue weighted by Crippen LogP contribution is -2.54. The van der Waals surface area contributed by atoms with E-state index in [0.29, 0.717) is 56.3 Å². The van der Waals surface area contributed by atoms with Crippen LogP contribution in [0.3, 0.4) is 0 Å². The Labute approximate surface area is 350 Å². The lowest BCUT2D eigenvalue weighted by Gasteiger charge is -2.41. The van der Waals surface area contributed by atoms with E-state index >= 15 is 0 Å². The molecule has 1 aliphatic carbocycles. The van der Waals surface area contributed by atoms with E-state index in [0.717, 1.165) is 34.6 Å². The number of amides is 4.